The second kappa shape index (κ2) is 23.7. The Morgan fingerprint density at radius 1 is 0.217 bits per heavy atom. The van der Waals surface area contributed by atoms with Gasteiger partial charge in [-0.1, -0.05) is 289 Å². The highest BCUT2D eigenvalue weighted by Crippen LogP contribution is 2.56. The molecule has 0 saturated heterocycles. The molecule has 0 fully saturated rings. The van der Waals surface area contributed by atoms with Gasteiger partial charge >= 0.3 is 0 Å². The Hall–Kier alpha value is -13.1. The fourth-order valence-electron chi connectivity index (χ4n) is 18.7. The minimum absolute atomic E-state index is 0.0772. The molecule has 500 valence electrons. The molecule has 3 heteroatoms. The number of aromatic nitrogens is 3. The molecule has 19 aromatic rings. The Bertz CT molecular complexity index is 6760. The molecule has 0 spiro atoms. The molecule has 3 nitrogen and oxygen atoms in total. The molecule has 3 aromatic heterocycles. The Labute approximate surface area is 617 Å². The van der Waals surface area contributed by atoms with E-state index in [0.29, 0.717) is 0 Å². The second-order valence-corrected chi connectivity index (χ2v) is 30.3. The summed E-state index contributed by atoms with van der Waals surface area (Å²) >= 11 is 0. The van der Waals surface area contributed by atoms with Gasteiger partial charge in [-0.2, -0.15) is 0 Å². The van der Waals surface area contributed by atoms with Crippen molar-refractivity contribution < 1.29 is 0 Å². The van der Waals surface area contributed by atoms with Gasteiger partial charge in [-0.05, 0) is 220 Å². The van der Waals surface area contributed by atoms with Crippen LogP contribution >= 0.6 is 0 Å². The number of fused-ring (bicyclic) bond motifs is 19. The molecule has 0 aliphatic heterocycles. The Morgan fingerprint density at radius 2 is 0.623 bits per heavy atom. The third kappa shape index (κ3) is 9.38. The predicted molar refractivity (Wildman–Crippen MR) is 446 cm³/mol. The van der Waals surface area contributed by atoms with Crippen LogP contribution in [-0.2, 0) is 10.8 Å². The van der Waals surface area contributed by atoms with Crippen molar-refractivity contribution >= 4 is 65.4 Å². The van der Waals surface area contributed by atoms with Crippen LogP contribution in [0.15, 0.2) is 364 Å². The van der Waals surface area contributed by atoms with Gasteiger partial charge in [0.25, 0.3) is 0 Å². The maximum atomic E-state index is 2.50. The minimum Gasteiger partial charge on any atom is -0.309 e. The Morgan fingerprint density at radius 3 is 1.26 bits per heavy atom. The van der Waals surface area contributed by atoms with Crippen molar-refractivity contribution in [1.29, 1.82) is 0 Å². The zero-order chi connectivity index (χ0) is 70.5. The highest BCUT2D eigenvalue weighted by Gasteiger charge is 2.39. The van der Waals surface area contributed by atoms with E-state index in [2.05, 4.69) is 405 Å². The van der Waals surface area contributed by atoms with Gasteiger partial charge in [0, 0.05) is 66.1 Å². The smallest absolute Gasteiger partial charge is 0.0547 e. The highest BCUT2D eigenvalue weighted by atomic mass is 15.0. The van der Waals surface area contributed by atoms with E-state index in [1.165, 1.54) is 194 Å². The van der Waals surface area contributed by atoms with Crippen molar-refractivity contribution in [2.75, 3.05) is 0 Å². The number of hydrogen-bond donors (Lipinski definition) is 0. The quantitative estimate of drug-likeness (QED) is 0.144. The summed E-state index contributed by atoms with van der Waals surface area (Å²) < 4.78 is 7.33. The summed E-state index contributed by atoms with van der Waals surface area (Å²) in [5, 5.41) is 7.71. The first kappa shape index (κ1) is 61.6. The lowest BCUT2D eigenvalue weighted by Crippen LogP contribution is -2.14. The average Bonchev–Trinajstić information content (AvgIpc) is 1.56. The zero-order valence-corrected chi connectivity index (χ0v) is 59.6. The SMILES string of the molecule is CC1(C)c2ccccc2-c2c1ccc1c2c2cc(-c3ccc4c(c3)c3ccccc3n4-c3ccccc3)ccc2n1-c1ccc(-c2ccccc2)cc1.CC1(C)c2ccccc2-c2cc3c(cc21)c1cc(-c2ccc4c(c2)-c2ccccc2C4c2ccccc2)ccc1n3-c1ccc(-c2ccccc2)cc1. The molecule has 0 saturated carbocycles. The van der Waals surface area contributed by atoms with Gasteiger partial charge in [0.15, 0.2) is 0 Å². The molecular weight excluding hydrogens is 1280 g/mol. The van der Waals surface area contributed by atoms with Gasteiger partial charge < -0.3 is 13.7 Å². The van der Waals surface area contributed by atoms with E-state index in [1.54, 1.807) is 0 Å². The van der Waals surface area contributed by atoms with E-state index in [-0.39, 0.29) is 16.7 Å². The lowest BCUT2D eigenvalue weighted by atomic mass is 9.82. The third-order valence-corrected chi connectivity index (χ3v) is 23.8. The summed E-state index contributed by atoms with van der Waals surface area (Å²) in [6.07, 6.45) is 0. The number of rotatable bonds is 8. The Kier molecular flexibility index (Phi) is 13.8. The molecule has 3 aliphatic carbocycles. The summed E-state index contributed by atoms with van der Waals surface area (Å²) in [5.74, 6) is 0.250. The van der Waals surface area contributed by atoms with E-state index in [9.17, 15) is 0 Å². The van der Waals surface area contributed by atoms with Crippen molar-refractivity contribution in [3.05, 3.63) is 403 Å². The van der Waals surface area contributed by atoms with Gasteiger partial charge in [0.1, 0.15) is 0 Å². The first-order chi connectivity index (χ1) is 52.1. The van der Waals surface area contributed by atoms with E-state index in [0.717, 1.165) is 5.69 Å². The van der Waals surface area contributed by atoms with Crippen LogP contribution in [0.2, 0.25) is 0 Å². The summed E-state index contributed by atoms with van der Waals surface area (Å²) in [6, 6.07) is 135. The fraction of sp³-hybridized carbons (Fsp3) is 0.0680. The van der Waals surface area contributed by atoms with Crippen molar-refractivity contribution in [3.63, 3.8) is 0 Å². The molecule has 3 aliphatic rings. The van der Waals surface area contributed by atoms with Crippen LogP contribution in [0, 0.1) is 0 Å². The van der Waals surface area contributed by atoms with Crippen LogP contribution in [0.25, 0.3) is 160 Å². The number of benzene rings is 16. The Balaban J connectivity index is 0.000000136. The van der Waals surface area contributed by atoms with Crippen molar-refractivity contribution in [1.82, 2.24) is 13.7 Å². The molecule has 0 N–H and O–H groups in total. The third-order valence-electron chi connectivity index (χ3n) is 23.8. The number of para-hydroxylation sites is 2. The molecule has 3 heterocycles. The van der Waals surface area contributed by atoms with Crippen molar-refractivity contribution in [2.45, 2.75) is 44.4 Å². The average molecular weight is 1350 g/mol. The summed E-state index contributed by atoms with van der Waals surface area (Å²) in [4.78, 5) is 0. The lowest BCUT2D eigenvalue weighted by molar-refractivity contribution is 0.661. The van der Waals surface area contributed by atoms with Crippen LogP contribution in [0.3, 0.4) is 0 Å². The molecule has 16 aromatic carbocycles. The monoisotopic (exact) mass is 1350 g/mol. The van der Waals surface area contributed by atoms with Gasteiger partial charge in [-0.3, -0.25) is 0 Å². The van der Waals surface area contributed by atoms with Crippen molar-refractivity contribution in [3.8, 4) is 95.0 Å². The maximum absolute atomic E-state index is 2.50. The van der Waals surface area contributed by atoms with Crippen LogP contribution < -0.4 is 0 Å². The molecule has 106 heavy (non-hydrogen) atoms. The van der Waals surface area contributed by atoms with Crippen LogP contribution in [0.1, 0.15) is 72.6 Å². The predicted octanol–water partition coefficient (Wildman–Crippen LogP) is 27.1. The van der Waals surface area contributed by atoms with Crippen molar-refractivity contribution in [2.24, 2.45) is 0 Å². The first-order valence-corrected chi connectivity index (χ1v) is 37.2. The van der Waals surface area contributed by atoms with Gasteiger partial charge in [0.2, 0.25) is 0 Å². The second-order valence-electron chi connectivity index (χ2n) is 30.3. The van der Waals surface area contributed by atoms with E-state index in [4.69, 9.17) is 0 Å². The molecule has 0 bridgehead atoms. The van der Waals surface area contributed by atoms with Crippen LogP contribution in [0.4, 0.5) is 0 Å². The normalized spacial score (nSPS) is 14.1. The largest absolute Gasteiger partial charge is 0.309 e. The zero-order valence-electron chi connectivity index (χ0n) is 59.6. The maximum Gasteiger partial charge on any atom is 0.0547 e. The topological polar surface area (TPSA) is 14.8 Å². The lowest BCUT2D eigenvalue weighted by Gasteiger charge is -2.21. The van der Waals surface area contributed by atoms with Gasteiger partial charge in [-0.15, -0.1) is 0 Å². The molecule has 1 unspecified atom stereocenters. The molecule has 22 rings (SSSR count). The molecular formula is C103H73N3. The van der Waals surface area contributed by atoms with Crippen LogP contribution in [0.5, 0.6) is 0 Å². The van der Waals surface area contributed by atoms with Gasteiger partial charge in [-0.25, -0.2) is 0 Å². The first-order valence-electron chi connectivity index (χ1n) is 37.2. The highest BCUT2D eigenvalue weighted by molar-refractivity contribution is 6.19. The molecule has 0 radical (unpaired) electrons. The van der Waals surface area contributed by atoms with Gasteiger partial charge in [0.05, 0.1) is 33.1 Å². The molecule has 0 amide bonds. The number of hydrogen-bond acceptors (Lipinski definition) is 0. The number of nitrogens with zero attached hydrogens (tertiary/aromatic N) is 3. The van der Waals surface area contributed by atoms with E-state index < -0.39 is 0 Å². The summed E-state index contributed by atoms with van der Waals surface area (Å²) in [5.41, 5.74) is 38.3. The minimum atomic E-state index is -0.0819. The van der Waals surface area contributed by atoms with E-state index in [1.807, 2.05) is 0 Å². The van der Waals surface area contributed by atoms with Crippen LogP contribution in [-0.4, -0.2) is 13.7 Å². The molecule has 1 atom stereocenters. The van der Waals surface area contributed by atoms with E-state index >= 15 is 0 Å². The summed E-state index contributed by atoms with van der Waals surface area (Å²) in [6.45, 7) is 9.50. The standard InChI is InChI=1S/C52H37N.C51H36N2/c1-52(2)47-20-12-11-18-40(47)44-32-50-46(31-48(44)52)45-30-37(24-28-49(45)53(50)38-25-21-34(22-26-38)33-13-5-3-6-14-33)36-23-27-42-43(29-36)39-17-9-10-19-41(39)51(42)35-15-7-4-8-16-35;1-51(2)43-19-11-9-18-40(43)49-44(51)27-30-48-50(49)42-32-36(24-29-47(42)53(48)38-25-21-34(22-26-38)33-13-5-3-6-14-33)35-23-28-46-41(31-35)39-17-10-12-20-45(39)52(46)37-15-7-4-8-16-37/h3-32,51H,1-2H3;3-32H,1-2H3. The fourth-order valence-corrected chi connectivity index (χ4v) is 18.7. The summed E-state index contributed by atoms with van der Waals surface area (Å²) in [7, 11) is 0.